The Morgan fingerprint density at radius 3 is 2.85 bits per heavy atom. The van der Waals surface area contributed by atoms with E-state index in [9.17, 15) is 0 Å². The first-order valence-corrected chi connectivity index (χ1v) is 7.02. The van der Waals surface area contributed by atoms with Crippen molar-refractivity contribution in [3.8, 4) is 0 Å². The summed E-state index contributed by atoms with van der Waals surface area (Å²) < 4.78 is 7.65. The van der Waals surface area contributed by atoms with Crippen LogP contribution in [0.15, 0.2) is 41.0 Å². The highest BCUT2D eigenvalue weighted by molar-refractivity contribution is 5.77. The van der Waals surface area contributed by atoms with Crippen molar-refractivity contribution in [3.63, 3.8) is 0 Å². The molecule has 0 bridgehead atoms. The molecule has 2 N–H and O–H groups in total. The molecule has 2 heterocycles. The lowest BCUT2D eigenvalue weighted by molar-refractivity contribution is 0.504. The topological polar surface area (TPSA) is 57.0 Å². The van der Waals surface area contributed by atoms with Crippen molar-refractivity contribution in [3.05, 3.63) is 53.7 Å². The molecule has 0 aliphatic heterocycles. The molecule has 0 unspecified atom stereocenters. The van der Waals surface area contributed by atoms with Crippen LogP contribution in [0.4, 0.5) is 0 Å². The van der Waals surface area contributed by atoms with Gasteiger partial charge in [-0.2, -0.15) is 0 Å². The Morgan fingerprint density at radius 2 is 2.15 bits per heavy atom. The van der Waals surface area contributed by atoms with Gasteiger partial charge in [0, 0.05) is 25.9 Å². The maximum absolute atomic E-state index is 5.69. The van der Waals surface area contributed by atoms with E-state index in [-0.39, 0.29) is 0 Å². The minimum Gasteiger partial charge on any atom is -0.469 e. The molecule has 0 spiro atoms. The van der Waals surface area contributed by atoms with Gasteiger partial charge in [-0.3, -0.25) is 0 Å². The summed E-state index contributed by atoms with van der Waals surface area (Å²) in [5.74, 6) is 2.11. The lowest BCUT2D eigenvalue weighted by Crippen LogP contribution is -2.03. The van der Waals surface area contributed by atoms with Crippen LogP contribution in [0.25, 0.3) is 11.0 Å². The van der Waals surface area contributed by atoms with Gasteiger partial charge in [-0.25, -0.2) is 4.98 Å². The molecule has 20 heavy (non-hydrogen) atoms. The first-order valence-electron chi connectivity index (χ1n) is 7.02. The largest absolute Gasteiger partial charge is 0.469 e. The highest BCUT2D eigenvalue weighted by atomic mass is 16.3. The molecule has 1 aromatic carbocycles. The molecular weight excluding hydrogens is 250 g/mol. The molecule has 3 aromatic rings. The smallest absolute Gasteiger partial charge is 0.110 e. The van der Waals surface area contributed by atoms with Gasteiger partial charge in [0.2, 0.25) is 0 Å². The number of benzene rings is 1. The second-order valence-corrected chi connectivity index (χ2v) is 4.88. The average Bonchev–Trinajstić information content (AvgIpc) is 3.10. The van der Waals surface area contributed by atoms with Crippen molar-refractivity contribution in [2.24, 2.45) is 5.73 Å². The summed E-state index contributed by atoms with van der Waals surface area (Å²) >= 11 is 0. The van der Waals surface area contributed by atoms with Crippen molar-refractivity contribution in [1.82, 2.24) is 9.55 Å². The Balaban J connectivity index is 1.93. The zero-order valence-corrected chi connectivity index (χ0v) is 11.7. The lowest BCUT2D eigenvalue weighted by atomic mass is 10.2. The van der Waals surface area contributed by atoms with Crippen molar-refractivity contribution in [2.75, 3.05) is 0 Å². The van der Waals surface area contributed by atoms with Gasteiger partial charge in [-0.1, -0.05) is 6.07 Å². The SMILES string of the molecule is CCn1c(CCc2ccco2)nc2cc(CN)ccc21. The minimum atomic E-state index is 0.552. The normalized spacial score (nSPS) is 11.3. The molecule has 0 saturated carbocycles. The van der Waals surface area contributed by atoms with Crippen LogP contribution in [0, 0.1) is 0 Å². The molecule has 4 nitrogen and oxygen atoms in total. The Labute approximate surface area is 118 Å². The Morgan fingerprint density at radius 1 is 1.25 bits per heavy atom. The Bertz CT molecular complexity index is 698. The van der Waals surface area contributed by atoms with Gasteiger partial charge >= 0.3 is 0 Å². The molecule has 0 radical (unpaired) electrons. The lowest BCUT2D eigenvalue weighted by Gasteiger charge is -2.05. The van der Waals surface area contributed by atoms with Crippen molar-refractivity contribution in [2.45, 2.75) is 32.9 Å². The first-order chi connectivity index (χ1) is 9.81. The number of hydrogen-bond acceptors (Lipinski definition) is 3. The molecule has 2 aromatic heterocycles. The van der Waals surface area contributed by atoms with Crippen LogP contribution in [0.1, 0.15) is 24.1 Å². The zero-order chi connectivity index (χ0) is 13.9. The Kier molecular flexibility index (Phi) is 3.56. The second kappa shape index (κ2) is 5.51. The third-order valence-electron chi connectivity index (χ3n) is 3.62. The summed E-state index contributed by atoms with van der Waals surface area (Å²) in [6, 6.07) is 10.2. The molecule has 0 aliphatic rings. The molecule has 104 valence electrons. The van der Waals surface area contributed by atoms with Gasteiger partial charge in [0.1, 0.15) is 11.6 Å². The van der Waals surface area contributed by atoms with E-state index in [1.54, 1.807) is 6.26 Å². The first kappa shape index (κ1) is 12.9. The van der Waals surface area contributed by atoms with Gasteiger partial charge in [0.25, 0.3) is 0 Å². The Hall–Kier alpha value is -2.07. The van der Waals surface area contributed by atoms with Crippen LogP contribution in [-0.2, 0) is 25.9 Å². The number of rotatable bonds is 5. The predicted molar refractivity (Wildman–Crippen MR) is 79.4 cm³/mol. The molecule has 0 saturated heterocycles. The summed E-state index contributed by atoms with van der Waals surface area (Å²) in [5, 5.41) is 0. The fraction of sp³-hybridized carbons (Fsp3) is 0.312. The van der Waals surface area contributed by atoms with Crippen LogP contribution in [0.5, 0.6) is 0 Å². The quantitative estimate of drug-likeness (QED) is 0.774. The molecule has 4 heteroatoms. The number of aromatic nitrogens is 2. The minimum absolute atomic E-state index is 0.552. The van der Waals surface area contributed by atoms with Gasteiger partial charge in [-0.15, -0.1) is 0 Å². The van der Waals surface area contributed by atoms with E-state index < -0.39 is 0 Å². The van der Waals surface area contributed by atoms with Crippen molar-refractivity contribution >= 4 is 11.0 Å². The molecule has 0 fully saturated rings. The number of fused-ring (bicyclic) bond motifs is 1. The van der Waals surface area contributed by atoms with E-state index in [1.807, 2.05) is 12.1 Å². The summed E-state index contributed by atoms with van der Waals surface area (Å²) in [7, 11) is 0. The number of aryl methyl sites for hydroxylation is 3. The van der Waals surface area contributed by atoms with Gasteiger partial charge in [0.15, 0.2) is 0 Å². The van der Waals surface area contributed by atoms with Crippen LogP contribution < -0.4 is 5.73 Å². The number of nitrogens with two attached hydrogens (primary N) is 1. The van der Waals surface area contributed by atoms with Crippen LogP contribution in [0.3, 0.4) is 0 Å². The maximum Gasteiger partial charge on any atom is 0.110 e. The number of furan rings is 1. The number of nitrogens with zero attached hydrogens (tertiary/aromatic N) is 2. The van der Waals surface area contributed by atoms with Gasteiger partial charge in [0.05, 0.1) is 17.3 Å². The highest BCUT2D eigenvalue weighted by Gasteiger charge is 2.10. The maximum atomic E-state index is 5.69. The van der Waals surface area contributed by atoms with E-state index >= 15 is 0 Å². The zero-order valence-electron chi connectivity index (χ0n) is 11.7. The van der Waals surface area contributed by atoms with Gasteiger partial charge < -0.3 is 14.7 Å². The molecule has 3 rings (SSSR count). The third kappa shape index (κ3) is 2.34. The van der Waals surface area contributed by atoms with Gasteiger partial charge in [-0.05, 0) is 36.8 Å². The van der Waals surface area contributed by atoms with Crippen LogP contribution in [0.2, 0.25) is 0 Å². The summed E-state index contributed by atoms with van der Waals surface area (Å²) in [4.78, 5) is 4.76. The second-order valence-electron chi connectivity index (χ2n) is 4.88. The fourth-order valence-electron chi connectivity index (χ4n) is 2.59. The molecular formula is C16H19N3O. The average molecular weight is 269 g/mol. The van der Waals surface area contributed by atoms with Crippen LogP contribution >= 0.6 is 0 Å². The standard InChI is InChI=1S/C16H19N3O/c1-2-19-15-7-5-12(11-17)10-14(15)18-16(19)8-6-13-4-3-9-20-13/h3-5,7,9-10H,2,6,8,11,17H2,1H3. The fourth-order valence-corrected chi connectivity index (χ4v) is 2.59. The van der Waals surface area contributed by atoms with E-state index in [0.29, 0.717) is 6.54 Å². The summed E-state index contributed by atoms with van der Waals surface area (Å²) in [6.45, 7) is 3.62. The summed E-state index contributed by atoms with van der Waals surface area (Å²) in [6.07, 6.45) is 3.47. The number of imidazole rings is 1. The molecule has 0 atom stereocenters. The van der Waals surface area contributed by atoms with Crippen LogP contribution in [-0.4, -0.2) is 9.55 Å². The molecule has 0 aliphatic carbocycles. The summed E-state index contributed by atoms with van der Waals surface area (Å²) in [5.41, 5.74) is 9.03. The predicted octanol–water partition coefficient (Wildman–Crippen LogP) is 2.89. The monoisotopic (exact) mass is 269 g/mol. The van der Waals surface area contributed by atoms with E-state index in [2.05, 4.69) is 29.7 Å². The third-order valence-corrected chi connectivity index (χ3v) is 3.62. The van der Waals surface area contributed by atoms with E-state index in [1.165, 1.54) is 5.52 Å². The van der Waals surface area contributed by atoms with Crippen molar-refractivity contribution < 1.29 is 4.42 Å². The van der Waals surface area contributed by atoms with E-state index in [4.69, 9.17) is 15.1 Å². The van der Waals surface area contributed by atoms with Crippen molar-refractivity contribution in [1.29, 1.82) is 0 Å². The number of hydrogen-bond donors (Lipinski definition) is 1. The highest BCUT2D eigenvalue weighted by Crippen LogP contribution is 2.19. The molecule has 0 amide bonds. The van der Waals surface area contributed by atoms with E-state index in [0.717, 1.165) is 42.1 Å².